The van der Waals surface area contributed by atoms with Crippen molar-refractivity contribution in [1.29, 1.82) is 0 Å². The van der Waals surface area contributed by atoms with Crippen molar-refractivity contribution in [3.63, 3.8) is 0 Å². The van der Waals surface area contributed by atoms with Gasteiger partial charge in [-0.3, -0.25) is 4.79 Å². The molecule has 3 heterocycles. The van der Waals surface area contributed by atoms with Crippen LogP contribution < -0.4 is 9.47 Å². The second kappa shape index (κ2) is 7.11. The Morgan fingerprint density at radius 3 is 2.61 bits per heavy atom. The number of ether oxygens (including phenoxy) is 2. The van der Waals surface area contributed by atoms with E-state index < -0.39 is 5.41 Å². The number of carbonyl (C=O) groups excluding carboxylic acids is 1. The van der Waals surface area contributed by atoms with Crippen LogP contribution >= 0.6 is 0 Å². The van der Waals surface area contributed by atoms with Crippen LogP contribution in [0.1, 0.15) is 56.6 Å². The van der Waals surface area contributed by atoms with Gasteiger partial charge in [0.2, 0.25) is 12.7 Å². The highest BCUT2D eigenvalue weighted by atomic mass is 16.7. The van der Waals surface area contributed by atoms with Gasteiger partial charge in [0.05, 0.1) is 11.5 Å². The van der Waals surface area contributed by atoms with Gasteiger partial charge in [0, 0.05) is 13.1 Å². The van der Waals surface area contributed by atoms with Gasteiger partial charge in [0.1, 0.15) is 12.7 Å². The molecule has 7 heteroatoms. The molecule has 0 atom stereocenters. The van der Waals surface area contributed by atoms with Gasteiger partial charge in [0.25, 0.3) is 0 Å². The lowest BCUT2D eigenvalue weighted by Gasteiger charge is -2.42. The third-order valence-electron chi connectivity index (χ3n) is 6.60. The highest BCUT2D eigenvalue weighted by Crippen LogP contribution is 2.45. The number of carbonyl (C=O) groups is 1. The zero-order valence-electron chi connectivity index (χ0n) is 16.0. The van der Waals surface area contributed by atoms with E-state index in [-0.39, 0.29) is 12.7 Å². The fourth-order valence-corrected chi connectivity index (χ4v) is 5.02. The highest BCUT2D eigenvalue weighted by molar-refractivity contribution is 5.88. The summed E-state index contributed by atoms with van der Waals surface area (Å²) in [7, 11) is 0. The average molecular weight is 382 g/mol. The maximum absolute atomic E-state index is 13.8. The number of nitrogens with zero attached hydrogens (tertiary/aromatic N) is 4. The third-order valence-corrected chi connectivity index (χ3v) is 6.60. The van der Waals surface area contributed by atoms with Gasteiger partial charge in [0.15, 0.2) is 11.5 Å². The summed E-state index contributed by atoms with van der Waals surface area (Å²) in [5, 5.41) is 4.27. The molecule has 0 spiro atoms. The van der Waals surface area contributed by atoms with E-state index in [1.807, 2.05) is 16.8 Å². The van der Waals surface area contributed by atoms with Crippen LogP contribution in [-0.4, -0.2) is 45.5 Å². The highest BCUT2D eigenvalue weighted by Gasteiger charge is 2.44. The summed E-state index contributed by atoms with van der Waals surface area (Å²) in [4.78, 5) is 19.9. The predicted octanol–water partition coefficient (Wildman–Crippen LogP) is 3.07. The van der Waals surface area contributed by atoms with E-state index in [4.69, 9.17) is 9.47 Å². The molecule has 1 aromatic heterocycles. The number of aromatic nitrogens is 3. The van der Waals surface area contributed by atoms with E-state index in [0.29, 0.717) is 6.04 Å². The normalized spacial score (nSPS) is 21.6. The molecular weight excluding hydrogens is 356 g/mol. The average Bonchev–Trinajstić information content (AvgIpc) is 3.45. The van der Waals surface area contributed by atoms with Crippen LogP contribution in [0.25, 0.3) is 0 Å². The van der Waals surface area contributed by atoms with Crippen LogP contribution in [-0.2, 0) is 10.2 Å². The first-order valence-corrected chi connectivity index (χ1v) is 10.3. The van der Waals surface area contributed by atoms with E-state index >= 15 is 0 Å². The maximum Gasteiger partial charge on any atom is 0.233 e. The molecule has 2 aliphatic heterocycles. The number of piperidine rings is 1. The van der Waals surface area contributed by atoms with E-state index in [9.17, 15) is 4.79 Å². The summed E-state index contributed by atoms with van der Waals surface area (Å²) < 4.78 is 13.0. The van der Waals surface area contributed by atoms with Gasteiger partial charge in [-0.25, -0.2) is 9.67 Å². The SMILES string of the molecule is O=C(N1CCC(n2cncn2)CC1)C1(c2ccc3c(c2)OCO3)CCCCC1. The molecule has 5 rings (SSSR count). The minimum absolute atomic E-state index is 0.259. The molecule has 1 amide bonds. The van der Waals surface area contributed by atoms with Crippen molar-refractivity contribution in [2.75, 3.05) is 19.9 Å². The molecule has 148 valence electrons. The van der Waals surface area contributed by atoms with Crippen molar-refractivity contribution in [3.8, 4) is 11.5 Å². The van der Waals surface area contributed by atoms with Crippen molar-refractivity contribution in [2.24, 2.45) is 0 Å². The largest absolute Gasteiger partial charge is 0.454 e. The lowest BCUT2D eigenvalue weighted by atomic mass is 9.68. The third kappa shape index (κ3) is 2.93. The van der Waals surface area contributed by atoms with Crippen LogP contribution in [0.5, 0.6) is 11.5 Å². The molecule has 3 aliphatic rings. The Morgan fingerprint density at radius 2 is 1.86 bits per heavy atom. The Kier molecular flexibility index (Phi) is 4.45. The number of benzene rings is 1. The number of rotatable bonds is 3. The second-order valence-electron chi connectivity index (χ2n) is 8.11. The van der Waals surface area contributed by atoms with Crippen LogP contribution in [0.15, 0.2) is 30.9 Å². The molecule has 0 radical (unpaired) electrons. The zero-order valence-corrected chi connectivity index (χ0v) is 16.0. The molecule has 1 aliphatic carbocycles. The van der Waals surface area contributed by atoms with Gasteiger partial charge in [-0.1, -0.05) is 25.3 Å². The van der Waals surface area contributed by atoms with Crippen molar-refractivity contribution >= 4 is 5.91 Å². The lowest BCUT2D eigenvalue weighted by molar-refractivity contribution is -0.140. The number of hydrogen-bond acceptors (Lipinski definition) is 5. The van der Waals surface area contributed by atoms with Gasteiger partial charge < -0.3 is 14.4 Å². The van der Waals surface area contributed by atoms with Crippen LogP contribution in [0.4, 0.5) is 0 Å². The van der Waals surface area contributed by atoms with Crippen molar-refractivity contribution in [3.05, 3.63) is 36.4 Å². The summed E-state index contributed by atoms with van der Waals surface area (Å²) in [6.45, 7) is 1.81. The van der Waals surface area contributed by atoms with Crippen LogP contribution in [0.2, 0.25) is 0 Å². The first kappa shape index (κ1) is 17.5. The molecule has 1 aromatic carbocycles. The Labute approximate surface area is 164 Å². The number of hydrogen-bond donors (Lipinski definition) is 0. The van der Waals surface area contributed by atoms with E-state index in [1.165, 1.54) is 6.42 Å². The van der Waals surface area contributed by atoms with Crippen molar-refractivity contribution < 1.29 is 14.3 Å². The molecule has 2 fully saturated rings. The predicted molar refractivity (Wildman–Crippen MR) is 102 cm³/mol. The molecule has 2 aromatic rings. The summed E-state index contributed by atoms with van der Waals surface area (Å²) >= 11 is 0. The zero-order chi connectivity index (χ0) is 19.0. The standard InChI is InChI=1S/C21H26N4O3/c26-20(24-10-6-17(7-11-24)25-14-22-13-23-25)21(8-2-1-3-9-21)16-4-5-18-19(12-16)28-15-27-18/h4-5,12-14,17H,1-3,6-11,15H2. The van der Waals surface area contributed by atoms with E-state index in [0.717, 1.165) is 68.7 Å². The number of likely N-dealkylation sites (tertiary alicyclic amines) is 1. The van der Waals surface area contributed by atoms with Crippen LogP contribution in [0, 0.1) is 0 Å². The van der Waals surface area contributed by atoms with Crippen LogP contribution in [0.3, 0.4) is 0 Å². The fourth-order valence-electron chi connectivity index (χ4n) is 5.02. The minimum Gasteiger partial charge on any atom is -0.454 e. The summed E-state index contributed by atoms with van der Waals surface area (Å²) in [5.74, 6) is 1.82. The van der Waals surface area contributed by atoms with Gasteiger partial charge >= 0.3 is 0 Å². The van der Waals surface area contributed by atoms with Gasteiger partial charge in [-0.15, -0.1) is 0 Å². The first-order valence-electron chi connectivity index (χ1n) is 10.3. The lowest BCUT2D eigenvalue weighted by Crippen LogP contribution is -2.50. The fraction of sp³-hybridized carbons (Fsp3) is 0.571. The molecule has 0 unspecified atom stereocenters. The topological polar surface area (TPSA) is 69.5 Å². The summed E-state index contributed by atoms with van der Waals surface area (Å²) in [5.41, 5.74) is 0.652. The number of amides is 1. The molecule has 0 bridgehead atoms. The summed E-state index contributed by atoms with van der Waals surface area (Å²) in [6.07, 6.45) is 10.4. The van der Waals surface area contributed by atoms with E-state index in [2.05, 4.69) is 21.0 Å². The quantitative estimate of drug-likeness (QED) is 0.816. The summed E-state index contributed by atoms with van der Waals surface area (Å²) in [6, 6.07) is 6.39. The molecule has 7 nitrogen and oxygen atoms in total. The second-order valence-corrected chi connectivity index (χ2v) is 8.11. The van der Waals surface area contributed by atoms with Gasteiger partial charge in [-0.05, 0) is 43.4 Å². The minimum atomic E-state index is -0.431. The van der Waals surface area contributed by atoms with Crippen molar-refractivity contribution in [1.82, 2.24) is 19.7 Å². The Balaban J connectivity index is 1.38. The smallest absolute Gasteiger partial charge is 0.233 e. The first-order chi connectivity index (χ1) is 13.8. The van der Waals surface area contributed by atoms with Crippen molar-refractivity contribution in [2.45, 2.75) is 56.4 Å². The van der Waals surface area contributed by atoms with E-state index in [1.54, 1.807) is 12.7 Å². The maximum atomic E-state index is 13.8. The molecule has 1 saturated carbocycles. The molecule has 1 saturated heterocycles. The molecule has 0 N–H and O–H groups in total. The molecule has 28 heavy (non-hydrogen) atoms. The Hall–Kier alpha value is -2.57. The Bertz CT molecular complexity index is 837. The number of fused-ring (bicyclic) bond motifs is 1. The monoisotopic (exact) mass is 382 g/mol. The Morgan fingerprint density at radius 1 is 1.07 bits per heavy atom. The van der Waals surface area contributed by atoms with Gasteiger partial charge in [-0.2, -0.15) is 5.10 Å². The molecular formula is C21H26N4O3.